The van der Waals surface area contributed by atoms with Gasteiger partial charge in [0.25, 0.3) is 0 Å². The fourth-order valence-corrected chi connectivity index (χ4v) is 3.55. The molecule has 2 heterocycles. The second-order valence-electron chi connectivity index (χ2n) is 7.41. The van der Waals surface area contributed by atoms with Crippen molar-refractivity contribution in [2.75, 3.05) is 32.8 Å². The van der Waals surface area contributed by atoms with Crippen molar-refractivity contribution in [3.05, 3.63) is 0 Å². The number of nitrogens with one attached hydrogen (secondary N) is 1. The standard InChI is InChI=1S/C17H32N2O2/c1-17(2,14-19-9-5-3-4-6-10-19)18-16(20)12-15-8-7-11-21-13-15/h15H,3-14H2,1-2H3,(H,18,20)/t15-/m0/s1. The molecule has 0 unspecified atom stereocenters. The smallest absolute Gasteiger partial charge is 0.220 e. The first-order valence-electron chi connectivity index (χ1n) is 8.66. The number of carbonyl (C=O) groups excluding carboxylic acids is 1. The molecule has 0 aromatic heterocycles. The molecule has 2 saturated heterocycles. The van der Waals surface area contributed by atoms with Crippen LogP contribution in [-0.2, 0) is 9.53 Å². The highest BCUT2D eigenvalue weighted by atomic mass is 16.5. The maximum absolute atomic E-state index is 12.3. The van der Waals surface area contributed by atoms with Gasteiger partial charge in [-0.3, -0.25) is 4.79 Å². The van der Waals surface area contributed by atoms with Crippen molar-refractivity contribution in [2.45, 2.75) is 64.3 Å². The second-order valence-corrected chi connectivity index (χ2v) is 7.41. The maximum atomic E-state index is 12.3. The van der Waals surface area contributed by atoms with Crippen LogP contribution in [0.2, 0.25) is 0 Å². The van der Waals surface area contributed by atoms with Gasteiger partial charge >= 0.3 is 0 Å². The lowest BCUT2D eigenvalue weighted by Gasteiger charge is -2.33. The Morgan fingerprint density at radius 1 is 1.19 bits per heavy atom. The maximum Gasteiger partial charge on any atom is 0.220 e. The van der Waals surface area contributed by atoms with Crippen LogP contribution in [0.3, 0.4) is 0 Å². The van der Waals surface area contributed by atoms with Crippen LogP contribution in [0, 0.1) is 5.92 Å². The molecular weight excluding hydrogens is 264 g/mol. The van der Waals surface area contributed by atoms with Crippen LogP contribution in [-0.4, -0.2) is 49.2 Å². The third-order valence-corrected chi connectivity index (χ3v) is 4.52. The van der Waals surface area contributed by atoms with E-state index >= 15 is 0 Å². The summed E-state index contributed by atoms with van der Waals surface area (Å²) in [4.78, 5) is 14.8. The van der Waals surface area contributed by atoms with Gasteiger partial charge in [0.05, 0.1) is 0 Å². The SMILES string of the molecule is CC(C)(CN1CCCCCC1)NC(=O)C[C@@H]1CCCOC1. The van der Waals surface area contributed by atoms with E-state index < -0.39 is 0 Å². The van der Waals surface area contributed by atoms with Gasteiger partial charge in [-0.1, -0.05) is 12.8 Å². The van der Waals surface area contributed by atoms with Gasteiger partial charge < -0.3 is 15.0 Å². The van der Waals surface area contributed by atoms with Gasteiger partial charge in [0.2, 0.25) is 5.91 Å². The van der Waals surface area contributed by atoms with E-state index in [1.54, 1.807) is 0 Å². The molecule has 0 spiro atoms. The summed E-state index contributed by atoms with van der Waals surface area (Å²) < 4.78 is 5.46. The monoisotopic (exact) mass is 296 g/mol. The third-order valence-electron chi connectivity index (χ3n) is 4.52. The van der Waals surface area contributed by atoms with Gasteiger partial charge in [-0.05, 0) is 58.5 Å². The molecule has 2 fully saturated rings. The fourth-order valence-electron chi connectivity index (χ4n) is 3.55. The normalized spacial score (nSPS) is 25.3. The number of likely N-dealkylation sites (tertiary alicyclic amines) is 1. The van der Waals surface area contributed by atoms with Crippen molar-refractivity contribution in [3.63, 3.8) is 0 Å². The minimum atomic E-state index is -0.142. The van der Waals surface area contributed by atoms with E-state index in [-0.39, 0.29) is 11.4 Å². The number of carbonyl (C=O) groups is 1. The van der Waals surface area contributed by atoms with E-state index in [4.69, 9.17) is 4.74 Å². The average Bonchev–Trinajstić information content (AvgIpc) is 2.67. The molecule has 4 heteroatoms. The number of nitrogens with zero attached hydrogens (tertiary/aromatic N) is 1. The number of rotatable bonds is 5. The lowest BCUT2D eigenvalue weighted by molar-refractivity contribution is -0.124. The molecule has 2 aliphatic rings. The summed E-state index contributed by atoms with van der Waals surface area (Å²) in [5.41, 5.74) is -0.142. The van der Waals surface area contributed by atoms with Crippen molar-refractivity contribution >= 4 is 5.91 Å². The van der Waals surface area contributed by atoms with E-state index in [1.165, 1.54) is 38.8 Å². The van der Waals surface area contributed by atoms with Gasteiger partial charge in [0.1, 0.15) is 0 Å². The average molecular weight is 296 g/mol. The topological polar surface area (TPSA) is 41.6 Å². The summed E-state index contributed by atoms with van der Waals surface area (Å²) in [6.45, 7) is 9.21. The molecule has 0 radical (unpaired) electrons. The number of hydrogen-bond acceptors (Lipinski definition) is 3. The zero-order valence-corrected chi connectivity index (χ0v) is 13.8. The van der Waals surface area contributed by atoms with Gasteiger partial charge in [0, 0.05) is 31.7 Å². The first-order chi connectivity index (χ1) is 10.1. The van der Waals surface area contributed by atoms with Gasteiger partial charge in [-0.2, -0.15) is 0 Å². The summed E-state index contributed by atoms with van der Waals surface area (Å²) in [5.74, 6) is 0.595. The predicted octanol–water partition coefficient (Wildman–Crippen LogP) is 2.57. The molecule has 0 aromatic carbocycles. The first-order valence-corrected chi connectivity index (χ1v) is 8.66. The van der Waals surface area contributed by atoms with Gasteiger partial charge in [-0.15, -0.1) is 0 Å². The van der Waals surface area contributed by atoms with Crippen LogP contribution >= 0.6 is 0 Å². The Bertz CT molecular complexity index is 317. The Hall–Kier alpha value is -0.610. The molecule has 4 nitrogen and oxygen atoms in total. The van der Waals surface area contributed by atoms with Crippen LogP contribution in [0.5, 0.6) is 0 Å². The minimum absolute atomic E-state index is 0.142. The Balaban J connectivity index is 1.74. The predicted molar refractivity (Wildman–Crippen MR) is 85.3 cm³/mol. The van der Waals surface area contributed by atoms with E-state index in [0.29, 0.717) is 12.3 Å². The molecule has 21 heavy (non-hydrogen) atoms. The van der Waals surface area contributed by atoms with E-state index in [9.17, 15) is 4.79 Å². The van der Waals surface area contributed by atoms with Crippen molar-refractivity contribution in [1.29, 1.82) is 0 Å². The highest BCUT2D eigenvalue weighted by Crippen LogP contribution is 2.18. The first kappa shape index (κ1) is 16.8. The third kappa shape index (κ3) is 6.35. The van der Waals surface area contributed by atoms with Crippen LogP contribution in [0.15, 0.2) is 0 Å². The lowest BCUT2D eigenvalue weighted by Crippen LogP contribution is -2.52. The van der Waals surface area contributed by atoms with E-state index in [2.05, 4.69) is 24.1 Å². The van der Waals surface area contributed by atoms with Crippen LogP contribution < -0.4 is 5.32 Å². The Morgan fingerprint density at radius 2 is 1.90 bits per heavy atom. The summed E-state index contributed by atoms with van der Waals surface area (Å²) in [7, 11) is 0. The zero-order valence-electron chi connectivity index (χ0n) is 13.8. The summed E-state index contributed by atoms with van der Waals surface area (Å²) in [6.07, 6.45) is 8.13. The molecule has 0 saturated carbocycles. The summed E-state index contributed by atoms with van der Waals surface area (Å²) >= 11 is 0. The van der Waals surface area contributed by atoms with Crippen LogP contribution in [0.4, 0.5) is 0 Å². The second kappa shape index (κ2) is 8.14. The van der Waals surface area contributed by atoms with E-state index in [0.717, 1.165) is 32.6 Å². The van der Waals surface area contributed by atoms with Crippen molar-refractivity contribution in [3.8, 4) is 0 Å². The molecule has 0 bridgehead atoms. The molecule has 0 aromatic rings. The van der Waals surface area contributed by atoms with Crippen LogP contribution in [0.1, 0.15) is 58.8 Å². The summed E-state index contributed by atoms with van der Waals surface area (Å²) in [5, 5.41) is 3.24. The molecule has 1 amide bonds. The molecule has 0 aliphatic carbocycles. The zero-order chi connectivity index (χ0) is 15.1. The van der Waals surface area contributed by atoms with Gasteiger partial charge in [-0.25, -0.2) is 0 Å². The quantitative estimate of drug-likeness (QED) is 0.848. The molecule has 1 atom stereocenters. The van der Waals surface area contributed by atoms with Crippen molar-refractivity contribution < 1.29 is 9.53 Å². The molecule has 1 N–H and O–H groups in total. The lowest BCUT2D eigenvalue weighted by atomic mass is 9.97. The molecule has 2 rings (SSSR count). The van der Waals surface area contributed by atoms with Crippen molar-refractivity contribution in [2.24, 2.45) is 5.92 Å². The number of hydrogen-bond donors (Lipinski definition) is 1. The largest absolute Gasteiger partial charge is 0.381 e. The van der Waals surface area contributed by atoms with Crippen molar-refractivity contribution in [1.82, 2.24) is 10.2 Å². The number of amides is 1. The highest BCUT2D eigenvalue weighted by Gasteiger charge is 2.26. The fraction of sp³-hybridized carbons (Fsp3) is 0.941. The Kier molecular flexibility index (Phi) is 6.49. The summed E-state index contributed by atoms with van der Waals surface area (Å²) in [6, 6.07) is 0. The van der Waals surface area contributed by atoms with Gasteiger partial charge in [0.15, 0.2) is 0 Å². The molecule has 122 valence electrons. The molecule has 2 aliphatic heterocycles. The minimum Gasteiger partial charge on any atom is -0.381 e. The Morgan fingerprint density at radius 3 is 2.52 bits per heavy atom. The number of ether oxygens (including phenoxy) is 1. The van der Waals surface area contributed by atoms with Crippen LogP contribution in [0.25, 0.3) is 0 Å². The Labute approximate surface area is 129 Å². The highest BCUT2D eigenvalue weighted by molar-refractivity contribution is 5.77. The van der Waals surface area contributed by atoms with E-state index in [1.807, 2.05) is 0 Å². The molecular formula is C17H32N2O2.